The van der Waals surface area contributed by atoms with Gasteiger partial charge in [-0.25, -0.2) is 4.98 Å². The third-order valence-electron chi connectivity index (χ3n) is 3.38. The first kappa shape index (κ1) is 13.5. The lowest BCUT2D eigenvalue weighted by Gasteiger charge is -2.34. The summed E-state index contributed by atoms with van der Waals surface area (Å²) < 4.78 is 0. The number of halogens is 1. The molecule has 1 fully saturated rings. The van der Waals surface area contributed by atoms with E-state index in [1.807, 2.05) is 11.8 Å². The average molecular weight is 314 g/mol. The molecule has 0 aromatic carbocycles. The van der Waals surface area contributed by atoms with E-state index in [0.717, 1.165) is 40.5 Å². The Labute approximate surface area is 126 Å². The van der Waals surface area contributed by atoms with E-state index in [1.54, 1.807) is 11.3 Å². The van der Waals surface area contributed by atoms with Gasteiger partial charge in [-0.1, -0.05) is 6.92 Å². The summed E-state index contributed by atoms with van der Waals surface area (Å²) in [6, 6.07) is 2.72. The second kappa shape index (κ2) is 5.46. The van der Waals surface area contributed by atoms with Crippen molar-refractivity contribution in [2.75, 3.05) is 23.0 Å². The molecule has 0 spiro atoms. The predicted molar refractivity (Wildman–Crippen MR) is 85.9 cm³/mol. The standard InChI is InChI=1S/C13H16ClN3S2/c1-3-9-6-10-11(15-13(14)16-12(10)19-9)17-4-5-18-7-8(17)2/h6,8H,3-5,7H2,1-2H3. The van der Waals surface area contributed by atoms with Crippen molar-refractivity contribution in [2.45, 2.75) is 26.3 Å². The summed E-state index contributed by atoms with van der Waals surface area (Å²) in [5.74, 6) is 3.31. The highest BCUT2D eigenvalue weighted by atomic mass is 35.5. The number of hydrogen-bond donors (Lipinski definition) is 0. The van der Waals surface area contributed by atoms with Crippen molar-refractivity contribution < 1.29 is 0 Å². The Morgan fingerprint density at radius 2 is 2.32 bits per heavy atom. The maximum atomic E-state index is 6.10. The molecule has 3 rings (SSSR count). The van der Waals surface area contributed by atoms with Crippen LogP contribution in [0.5, 0.6) is 0 Å². The topological polar surface area (TPSA) is 29.0 Å². The van der Waals surface area contributed by atoms with Gasteiger partial charge in [-0.15, -0.1) is 11.3 Å². The van der Waals surface area contributed by atoms with Gasteiger partial charge in [-0.2, -0.15) is 16.7 Å². The fourth-order valence-corrected chi connectivity index (χ4v) is 4.56. The molecule has 0 aliphatic carbocycles. The van der Waals surface area contributed by atoms with Crippen LogP contribution in [0, 0.1) is 0 Å². The number of hydrogen-bond acceptors (Lipinski definition) is 5. The molecule has 0 saturated carbocycles. The van der Waals surface area contributed by atoms with E-state index in [4.69, 9.17) is 11.6 Å². The number of rotatable bonds is 2. The zero-order valence-corrected chi connectivity index (χ0v) is 13.4. The maximum Gasteiger partial charge on any atom is 0.225 e. The van der Waals surface area contributed by atoms with Crippen LogP contribution in [0.25, 0.3) is 10.2 Å². The Bertz CT molecular complexity index is 599. The molecule has 3 nitrogen and oxygen atoms in total. The molecule has 1 unspecified atom stereocenters. The Morgan fingerprint density at radius 3 is 3.05 bits per heavy atom. The van der Waals surface area contributed by atoms with Crippen molar-refractivity contribution in [3.63, 3.8) is 0 Å². The van der Waals surface area contributed by atoms with Crippen molar-refractivity contribution in [2.24, 2.45) is 0 Å². The third kappa shape index (κ3) is 2.56. The van der Waals surface area contributed by atoms with E-state index in [-0.39, 0.29) is 0 Å². The summed E-state index contributed by atoms with van der Waals surface area (Å²) in [6.45, 7) is 5.45. The quantitative estimate of drug-likeness (QED) is 0.788. The van der Waals surface area contributed by atoms with Crippen molar-refractivity contribution in [3.8, 4) is 0 Å². The van der Waals surface area contributed by atoms with Gasteiger partial charge in [0.05, 0.1) is 5.39 Å². The van der Waals surface area contributed by atoms with Gasteiger partial charge in [0, 0.05) is 29.0 Å². The van der Waals surface area contributed by atoms with Gasteiger partial charge in [-0.3, -0.25) is 0 Å². The van der Waals surface area contributed by atoms with Crippen molar-refractivity contribution >= 4 is 50.7 Å². The number of thioether (sulfide) groups is 1. The van der Waals surface area contributed by atoms with E-state index < -0.39 is 0 Å². The Balaban J connectivity index is 2.12. The van der Waals surface area contributed by atoms with E-state index >= 15 is 0 Å². The molecule has 1 aliphatic heterocycles. The second-order valence-corrected chi connectivity index (χ2v) is 7.32. The highest BCUT2D eigenvalue weighted by Gasteiger charge is 2.23. The smallest absolute Gasteiger partial charge is 0.225 e. The lowest BCUT2D eigenvalue weighted by molar-refractivity contribution is 0.692. The van der Waals surface area contributed by atoms with Gasteiger partial charge in [-0.05, 0) is 31.0 Å². The summed E-state index contributed by atoms with van der Waals surface area (Å²) in [4.78, 5) is 13.6. The van der Waals surface area contributed by atoms with Crippen LogP contribution in [0.3, 0.4) is 0 Å². The van der Waals surface area contributed by atoms with Crippen LogP contribution in [-0.2, 0) is 6.42 Å². The summed E-state index contributed by atoms with van der Waals surface area (Å²) in [6.07, 6.45) is 1.03. The number of aryl methyl sites for hydroxylation is 1. The van der Waals surface area contributed by atoms with E-state index in [2.05, 4.69) is 34.8 Å². The van der Waals surface area contributed by atoms with Crippen molar-refractivity contribution in [1.29, 1.82) is 0 Å². The second-order valence-electron chi connectivity index (χ2n) is 4.72. The molecule has 0 N–H and O–H groups in total. The molecule has 0 amide bonds. The molecule has 2 aromatic heterocycles. The highest BCUT2D eigenvalue weighted by Crippen LogP contribution is 2.34. The fourth-order valence-electron chi connectivity index (χ4n) is 2.37. The lowest BCUT2D eigenvalue weighted by Crippen LogP contribution is -2.41. The summed E-state index contributed by atoms with van der Waals surface area (Å²) in [5.41, 5.74) is 0. The molecule has 0 radical (unpaired) electrons. The molecule has 0 bridgehead atoms. The lowest BCUT2D eigenvalue weighted by atomic mass is 10.2. The largest absolute Gasteiger partial charge is 0.352 e. The zero-order chi connectivity index (χ0) is 13.4. The SMILES string of the molecule is CCc1cc2c(N3CCSCC3C)nc(Cl)nc2s1. The molecule has 3 heterocycles. The minimum absolute atomic E-state index is 0.359. The van der Waals surface area contributed by atoms with Crippen molar-refractivity contribution in [3.05, 3.63) is 16.2 Å². The molecular formula is C13H16ClN3S2. The molecule has 102 valence electrons. The predicted octanol–water partition coefficient (Wildman–Crippen LogP) is 3.85. The number of fused-ring (bicyclic) bond motifs is 1. The fraction of sp³-hybridized carbons (Fsp3) is 0.538. The van der Waals surface area contributed by atoms with E-state index in [1.165, 1.54) is 4.88 Å². The minimum atomic E-state index is 0.359. The van der Waals surface area contributed by atoms with Gasteiger partial charge >= 0.3 is 0 Å². The van der Waals surface area contributed by atoms with Crippen LogP contribution in [0.4, 0.5) is 5.82 Å². The molecule has 19 heavy (non-hydrogen) atoms. The third-order valence-corrected chi connectivity index (χ3v) is 5.92. The minimum Gasteiger partial charge on any atom is -0.352 e. The van der Waals surface area contributed by atoms with Gasteiger partial charge in [0.25, 0.3) is 0 Å². The number of nitrogens with zero attached hydrogens (tertiary/aromatic N) is 3. The van der Waals surface area contributed by atoms with Crippen molar-refractivity contribution in [1.82, 2.24) is 9.97 Å². The Hall–Kier alpha value is -0.520. The first-order chi connectivity index (χ1) is 9.19. The van der Waals surface area contributed by atoms with Crippen LogP contribution in [-0.4, -0.2) is 34.1 Å². The van der Waals surface area contributed by atoms with Crippen LogP contribution in [0.2, 0.25) is 5.28 Å². The molecule has 1 atom stereocenters. The normalized spacial score (nSPS) is 20.2. The zero-order valence-electron chi connectivity index (χ0n) is 11.0. The van der Waals surface area contributed by atoms with Gasteiger partial charge in [0.15, 0.2) is 0 Å². The number of thiophene rings is 1. The first-order valence-corrected chi connectivity index (χ1v) is 8.84. The van der Waals surface area contributed by atoms with Crippen LogP contribution in [0.15, 0.2) is 6.07 Å². The molecule has 6 heteroatoms. The molecule has 1 saturated heterocycles. The van der Waals surface area contributed by atoms with Crippen LogP contribution < -0.4 is 4.90 Å². The Morgan fingerprint density at radius 1 is 1.47 bits per heavy atom. The monoisotopic (exact) mass is 313 g/mol. The summed E-state index contributed by atoms with van der Waals surface area (Å²) in [5, 5.41) is 1.52. The van der Waals surface area contributed by atoms with Gasteiger partial charge in [0.2, 0.25) is 5.28 Å². The first-order valence-electron chi connectivity index (χ1n) is 6.49. The maximum absolute atomic E-state index is 6.10. The average Bonchev–Trinajstić information content (AvgIpc) is 2.81. The molecule has 2 aromatic rings. The summed E-state index contributed by atoms with van der Waals surface area (Å²) in [7, 11) is 0. The van der Waals surface area contributed by atoms with Crippen LogP contribution in [0.1, 0.15) is 18.7 Å². The molecular weight excluding hydrogens is 298 g/mol. The van der Waals surface area contributed by atoms with Gasteiger partial charge in [0.1, 0.15) is 10.6 Å². The Kier molecular flexibility index (Phi) is 3.87. The highest BCUT2D eigenvalue weighted by molar-refractivity contribution is 7.99. The number of aromatic nitrogens is 2. The number of anilines is 1. The van der Waals surface area contributed by atoms with Gasteiger partial charge < -0.3 is 4.90 Å². The van der Waals surface area contributed by atoms with E-state index in [9.17, 15) is 0 Å². The van der Waals surface area contributed by atoms with Crippen LogP contribution >= 0.6 is 34.7 Å². The van der Waals surface area contributed by atoms with E-state index in [0.29, 0.717) is 11.3 Å². The molecule has 1 aliphatic rings. The summed E-state index contributed by atoms with van der Waals surface area (Å²) >= 11 is 9.82.